The van der Waals surface area contributed by atoms with E-state index in [0.29, 0.717) is 17.6 Å². The molecule has 2 aromatic rings. The Kier molecular flexibility index (Phi) is 3.64. The van der Waals surface area contributed by atoms with Crippen molar-refractivity contribution in [3.63, 3.8) is 0 Å². The second-order valence-corrected chi connectivity index (χ2v) is 6.74. The van der Waals surface area contributed by atoms with E-state index < -0.39 is 11.4 Å². The molecule has 1 amide bonds. The average molecular weight is 329 g/mol. The fourth-order valence-corrected chi connectivity index (χ4v) is 4.15. The Morgan fingerprint density at radius 1 is 1.21 bits per heavy atom. The normalized spacial score (nSPS) is 24.6. The number of aromatic nitrogens is 1. The molecule has 2 saturated heterocycles. The van der Waals surface area contributed by atoms with E-state index in [1.54, 1.807) is 6.07 Å². The fraction of sp³-hybridized carbons (Fsp3) is 0.444. The Bertz CT molecular complexity index is 863. The van der Waals surface area contributed by atoms with Crippen molar-refractivity contribution in [2.45, 2.75) is 37.8 Å². The summed E-state index contributed by atoms with van der Waals surface area (Å²) in [7, 11) is 0. The first-order valence-corrected chi connectivity index (χ1v) is 8.44. The molecule has 126 valence electrons. The number of hydrogen-bond acceptors (Lipinski definition) is 3. The highest BCUT2D eigenvalue weighted by molar-refractivity contribution is 5.87. The van der Waals surface area contributed by atoms with Crippen LogP contribution in [-0.4, -0.2) is 34.4 Å². The Labute approximate surface area is 138 Å². The lowest BCUT2D eigenvalue weighted by Gasteiger charge is -2.40. The van der Waals surface area contributed by atoms with Crippen molar-refractivity contribution in [2.75, 3.05) is 13.1 Å². The molecule has 1 unspecified atom stereocenters. The number of piperidine rings is 1. The number of rotatable bonds is 2. The van der Waals surface area contributed by atoms with Gasteiger partial charge in [-0.1, -0.05) is 6.07 Å². The van der Waals surface area contributed by atoms with Gasteiger partial charge in [0, 0.05) is 30.2 Å². The highest BCUT2D eigenvalue weighted by Gasteiger charge is 2.48. The molecule has 1 aromatic heterocycles. The lowest BCUT2D eigenvalue weighted by atomic mass is 9.86. The van der Waals surface area contributed by atoms with E-state index in [0.717, 1.165) is 38.8 Å². The van der Waals surface area contributed by atoms with Crippen LogP contribution < -0.4 is 10.7 Å². The SMILES string of the molecule is O=C1NCCCC12CCCN2Cc1cc(=O)c2cccc(F)c2[nH]1. The van der Waals surface area contributed by atoms with Gasteiger partial charge >= 0.3 is 0 Å². The van der Waals surface area contributed by atoms with Crippen LogP contribution in [0.15, 0.2) is 29.1 Å². The minimum absolute atomic E-state index is 0.0839. The predicted octanol–water partition coefficient (Wildman–Crippen LogP) is 1.91. The topological polar surface area (TPSA) is 65.2 Å². The van der Waals surface area contributed by atoms with Crippen LogP contribution in [0.25, 0.3) is 10.9 Å². The van der Waals surface area contributed by atoms with Crippen molar-refractivity contribution >= 4 is 16.8 Å². The van der Waals surface area contributed by atoms with E-state index in [4.69, 9.17) is 0 Å². The summed E-state index contributed by atoms with van der Waals surface area (Å²) in [5.41, 5.74) is 0.220. The summed E-state index contributed by atoms with van der Waals surface area (Å²) in [4.78, 5) is 29.9. The summed E-state index contributed by atoms with van der Waals surface area (Å²) in [6.45, 7) is 1.99. The summed E-state index contributed by atoms with van der Waals surface area (Å²) in [6.07, 6.45) is 3.60. The number of aromatic amines is 1. The largest absolute Gasteiger partial charge is 0.355 e. The number of hydrogen-bond donors (Lipinski definition) is 2. The van der Waals surface area contributed by atoms with Crippen molar-refractivity contribution in [3.8, 4) is 0 Å². The summed E-state index contributed by atoms with van der Waals surface area (Å²) < 4.78 is 14.0. The van der Waals surface area contributed by atoms with Gasteiger partial charge in [-0.05, 0) is 44.4 Å². The zero-order valence-electron chi connectivity index (χ0n) is 13.4. The molecule has 2 fully saturated rings. The minimum atomic E-state index is -0.473. The molecule has 1 aromatic carbocycles. The van der Waals surface area contributed by atoms with Crippen LogP contribution in [-0.2, 0) is 11.3 Å². The molecule has 24 heavy (non-hydrogen) atoms. The number of nitrogens with one attached hydrogen (secondary N) is 2. The van der Waals surface area contributed by atoms with Crippen LogP contribution >= 0.6 is 0 Å². The van der Waals surface area contributed by atoms with Gasteiger partial charge in [0.25, 0.3) is 0 Å². The summed E-state index contributed by atoms with van der Waals surface area (Å²) >= 11 is 0. The molecule has 2 aliphatic rings. The first-order chi connectivity index (χ1) is 11.6. The maximum atomic E-state index is 14.0. The standard InChI is InChI=1S/C18H20FN3O2/c19-14-5-1-4-13-15(23)10-12(21-16(13)14)11-22-9-3-7-18(22)6-2-8-20-17(18)24/h1,4-5,10H,2-3,6-9,11H2,(H,20,24)(H,21,23). The molecule has 2 aliphatic heterocycles. The molecule has 0 aliphatic carbocycles. The number of carbonyl (C=O) groups is 1. The maximum Gasteiger partial charge on any atom is 0.240 e. The monoisotopic (exact) mass is 329 g/mol. The Morgan fingerprint density at radius 2 is 2.04 bits per heavy atom. The van der Waals surface area contributed by atoms with Crippen LogP contribution in [0.4, 0.5) is 4.39 Å². The maximum absolute atomic E-state index is 14.0. The molecule has 5 nitrogen and oxygen atoms in total. The van der Waals surface area contributed by atoms with Gasteiger partial charge in [-0.15, -0.1) is 0 Å². The zero-order chi connectivity index (χ0) is 16.7. The molecule has 0 bridgehead atoms. The number of H-pyrrole nitrogens is 1. The number of fused-ring (bicyclic) bond motifs is 1. The van der Waals surface area contributed by atoms with Gasteiger partial charge in [0.05, 0.1) is 5.52 Å². The van der Waals surface area contributed by atoms with Crippen molar-refractivity contribution in [3.05, 3.63) is 46.0 Å². The van der Waals surface area contributed by atoms with E-state index in [1.807, 2.05) is 0 Å². The second kappa shape index (κ2) is 5.70. The molecular weight excluding hydrogens is 309 g/mol. The zero-order valence-corrected chi connectivity index (χ0v) is 13.4. The molecular formula is C18H20FN3O2. The average Bonchev–Trinajstić information content (AvgIpc) is 2.95. The molecule has 0 radical (unpaired) electrons. The highest BCUT2D eigenvalue weighted by atomic mass is 19.1. The minimum Gasteiger partial charge on any atom is -0.355 e. The lowest BCUT2D eigenvalue weighted by Crippen LogP contribution is -2.58. The number of carbonyl (C=O) groups excluding carboxylic acids is 1. The summed E-state index contributed by atoms with van der Waals surface area (Å²) in [5, 5.41) is 3.32. The van der Waals surface area contributed by atoms with Gasteiger partial charge in [0.1, 0.15) is 11.4 Å². The van der Waals surface area contributed by atoms with E-state index >= 15 is 0 Å². The molecule has 0 saturated carbocycles. The molecule has 1 atom stereocenters. The lowest BCUT2D eigenvalue weighted by molar-refractivity contribution is -0.134. The Balaban J connectivity index is 1.70. The van der Waals surface area contributed by atoms with Gasteiger partial charge in [-0.25, -0.2) is 4.39 Å². The van der Waals surface area contributed by atoms with Gasteiger partial charge in [-0.2, -0.15) is 0 Å². The van der Waals surface area contributed by atoms with Gasteiger partial charge in [0.2, 0.25) is 5.91 Å². The third-order valence-corrected chi connectivity index (χ3v) is 5.33. The van der Waals surface area contributed by atoms with Gasteiger partial charge in [-0.3, -0.25) is 14.5 Å². The smallest absolute Gasteiger partial charge is 0.240 e. The second-order valence-electron chi connectivity index (χ2n) is 6.74. The molecule has 3 heterocycles. The van der Waals surface area contributed by atoms with E-state index in [1.165, 1.54) is 18.2 Å². The third-order valence-electron chi connectivity index (χ3n) is 5.33. The fourth-order valence-electron chi connectivity index (χ4n) is 4.15. The Morgan fingerprint density at radius 3 is 2.88 bits per heavy atom. The quantitative estimate of drug-likeness (QED) is 0.885. The summed E-state index contributed by atoms with van der Waals surface area (Å²) in [6, 6.07) is 6.02. The van der Waals surface area contributed by atoms with Crippen molar-refractivity contribution in [1.29, 1.82) is 0 Å². The number of nitrogens with zero attached hydrogens (tertiary/aromatic N) is 1. The van der Waals surface area contributed by atoms with Crippen molar-refractivity contribution in [2.24, 2.45) is 0 Å². The molecule has 4 rings (SSSR count). The first-order valence-electron chi connectivity index (χ1n) is 8.44. The molecule has 2 N–H and O–H groups in total. The van der Waals surface area contributed by atoms with Crippen LogP contribution in [0.3, 0.4) is 0 Å². The molecule has 6 heteroatoms. The number of benzene rings is 1. The number of pyridine rings is 1. The summed E-state index contributed by atoms with van der Waals surface area (Å²) in [5.74, 6) is -0.349. The van der Waals surface area contributed by atoms with Crippen molar-refractivity contribution in [1.82, 2.24) is 15.2 Å². The van der Waals surface area contributed by atoms with Crippen LogP contribution in [0, 0.1) is 5.82 Å². The van der Waals surface area contributed by atoms with E-state index in [2.05, 4.69) is 15.2 Å². The first kappa shape index (κ1) is 15.3. The van der Waals surface area contributed by atoms with Gasteiger partial charge < -0.3 is 10.3 Å². The van der Waals surface area contributed by atoms with Crippen LogP contribution in [0.5, 0.6) is 0 Å². The number of likely N-dealkylation sites (tertiary alicyclic amines) is 1. The van der Waals surface area contributed by atoms with Crippen molar-refractivity contribution < 1.29 is 9.18 Å². The Hall–Kier alpha value is -2.21. The number of amides is 1. The van der Waals surface area contributed by atoms with Crippen LogP contribution in [0.1, 0.15) is 31.4 Å². The van der Waals surface area contributed by atoms with E-state index in [-0.39, 0.29) is 16.9 Å². The highest BCUT2D eigenvalue weighted by Crippen LogP contribution is 2.36. The number of para-hydroxylation sites is 1. The number of halogens is 1. The van der Waals surface area contributed by atoms with Gasteiger partial charge in [0.15, 0.2) is 5.43 Å². The third kappa shape index (κ3) is 2.33. The van der Waals surface area contributed by atoms with E-state index in [9.17, 15) is 14.0 Å². The predicted molar refractivity (Wildman–Crippen MR) is 89.1 cm³/mol. The molecule has 1 spiro atoms. The van der Waals surface area contributed by atoms with Crippen LogP contribution in [0.2, 0.25) is 0 Å².